The third-order valence-corrected chi connectivity index (χ3v) is 4.46. The summed E-state index contributed by atoms with van der Waals surface area (Å²) in [6, 6.07) is 16.5. The normalized spacial score (nSPS) is 10.7. The number of carbonyl (C=O) groups is 1. The summed E-state index contributed by atoms with van der Waals surface area (Å²) in [5.74, 6) is 1.50. The van der Waals surface area contributed by atoms with Crippen molar-refractivity contribution in [3.8, 4) is 17.0 Å². The van der Waals surface area contributed by atoms with Gasteiger partial charge in [-0.15, -0.1) is 0 Å². The van der Waals surface area contributed by atoms with Crippen molar-refractivity contribution in [1.29, 1.82) is 0 Å². The highest BCUT2D eigenvalue weighted by Crippen LogP contribution is 2.23. The van der Waals surface area contributed by atoms with Crippen LogP contribution in [0.5, 0.6) is 5.75 Å². The van der Waals surface area contributed by atoms with Gasteiger partial charge in [0, 0.05) is 24.1 Å². The summed E-state index contributed by atoms with van der Waals surface area (Å²) < 4.78 is 15.7. The number of rotatable bonds is 7. The van der Waals surface area contributed by atoms with Gasteiger partial charge in [-0.1, -0.05) is 41.5 Å². The Morgan fingerprint density at radius 2 is 1.80 bits per heavy atom. The number of nitrogens with one attached hydrogen (secondary N) is 1. The SMILES string of the molecule is CCc1ccc(-c2cc(NC(=O)c3ccc(OCc4noc(C)n4)cc3)on2)cc1. The number of amides is 1. The average Bonchev–Trinajstić information content (AvgIpc) is 3.41. The quantitative estimate of drug-likeness (QED) is 0.486. The van der Waals surface area contributed by atoms with Gasteiger partial charge in [0.25, 0.3) is 5.91 Å². The summed E-state index contributed by atoms with van der Waals surface area (Å²) in [6.07, 6.45) is 0.973. The molecule has 0 fully saturated rings. The summed E-state index contributed by atoms with van der Waals surface area (Å²) in [6.45, 7) is 4.00. The zero-order chi connectivity index (χ0) is 20.9. The van der Waals surface area contributed by atoms with Crippen LogP contribution in [0, 0.1) is 6.92 Å². The number of carbonyl (C=O) groups excluding carboxylic acids is 1. The van der Waals surface area contributed by atoms with Crippen LogP contribution in [0.4, 0.5) is 5.88 Å². The Kier molecular flexibility index (Phi) is 5.56. The van der Waals surface area contributed by atoms with E-state index in [1.165, 1.54) is 5.56 Å². The first-order chi connectivity index (χ1) is 14.6. The van der Waals surface area contributed by atoms with E-state index in [0.717, 1.165) is 12.0 Å². The van der Waals surface area contributed by atoms with Gasteiger partial charge in [-0.3, -0.25) is 10.1 Å². The van der Waals surface area contributed by atoms with E-state index in [4.69, 9.17) is 13.8 Å². The lowest BCUT2D eigenvalue weighted by Gasteiger charge is -2.05. The van der Waals surface area contributed by atoms with Crippen molar-refractivity contribution in [2.45, 2.75) is 26.9 Å². The van der Waals surface area contributed by atoms with Crippen LogP contribution in [0.2, 0.25) is 0 Å². The highest BCUT2D eigenvalue weighted by Gasteiger charge is 2.12. The Labute approximate surface area is 172 Å². The molecule has 4 rings (SSSR count). The predicted octanol–water partition coefficient (Wildman–Crippen LogP) is 4.43. The molecule has 0 aliphatic heterocycles. The average molecular weight is 404 g/mol. The Morgan fingerprint density at radius 3 is 2.47 bits per heavy atom. The highest BCUT2D eigenvalue weighted by molar-refractivity contribution is 6.03. The first-order valence-corrected chi connectivity index (χ1v) is 9.50. The minimum absolute atomic E-state index is 0.183. The van der Waals surface area contributed by atoms with Gasteiger partial charge >= 0.3 is 0 Å². The molecule has 1 N–H and O–H groups in total. The van der Waals surface area contributed by atoms with Crippen molar-refractivity contribution < 1.29 is 18.6 Å². The fraction of sp³-hybridized carbons (Fsp3) is 0.182. The number of nitrogens with zero attached hydrogens (tertiary/aromatic N) is 3. The van der Waals surface area contributed by atoms with Crippen LogP contribution in [0.25, 0.3) is 11.3 Å². The lowest BCUT2D eigenvalue weighted by molar-refractivity contribution is 0.102. The van der Waals surface area contributed by atoms with Crippen LogP contribution < -0.4 is 10.1 Å². The van der Waals surface area contributed by atoms with Crippen molar-refractivity contribution in [2.24, 2.45) is 0 Å². The number of aromatic nitrogens is 3. The summed E-state index contributed by atoms with van der Waals surface area (Å²) in [5, 5.41) is 10.5. The maximum absolute atomic E-state index is 12.5. The lowest BCUT2D eigenvalue weighted by Crippen LogP contribution is -2.11. The Bertz CT molecular complexity index is 1130. The molecule has 1 amide bonds. The molecule has 152 valence electrons. The molecule has 4 aromatic rings. The zero-order valence-electron chi connectivity index (χ0n) is 16.6. The second-order valence-electron chi connectivity index (χ2n) is 6.62. The fourth-order valence-corrected chi connectivity index (χ4v) is 2.82. The van der Waals surface area contributed by atoms with E-state index < -0.39 is 0 Å². The van der Waals surface area contributed by atoms with Gasteiger partial charge in [0.05, 0.1) is 0 Å². The highest BCUT2D eigenvalue weighted by atomic mass is 16.5. The molecule has 2 aromatic carbocycles. The van der Waals surface area contributed by atoms with E-state index in [1.54, 1.807) is 37.3 Å². The second-order valence-corrected chi connectivity index (χ2v) is 6.62. The molecule has 0 radical (unpaired) electrons. The minimum Gasteiger partial charge on any atom is -0.485 e. The monoisotopic (exact) mass is 404 g/mol. The molecule has 8 heteroatoms. The summed E-state index contributed by atoms with van der Waals surface area (Å²) in [4.78, 5) is 16.5. The maximum atomic E-state index is 12.5. The van der Waals surface area contributed by atoms with Gasteiger partial charge in [-0.25, -0.2) is 0 Å². The van der Waals surface area contributed by atoms with Crippen molar-refractivity contribution in [1.82, 2.24) is 15.3 Å². The molecule has 0 bridgehead atoms. The Balaban J connectivity index is 1.36. The molecule has 30 heavy (non-hydrogen) atoms. The van der Waals surface area contributed by atoms with Crippen LogP contribution >= 0.6 is 0 Å². The smallest absolute Gasteiger partial charge is 0.258 e. The molecule has 0 spiro atoms. The van der Waals surface area contributed by atoms with Crippen molar-refractivity contribution in [3.63, 3.8) is 0 Å². The lowest BCUT2D eigenvalue weighted by atomic mass is 10.1. The molecule has 2 heterocycles. The van der Waals surface area contributed by atoms with E-state index >= 15 is 0 Å². The number of aryl methyl sites for hydroxylation is 2. The maximum Gasteiger partial charge on any atom is 0.258 e. The molecule has 2 aromatic heterocycles. The predicted molar refractivity (Wildman–Crippen MR) is 109 cm³/mol. The van der Waals surface area contributed by atoms with E-state index in [0.29, 0.717) is 28.7 Å². The Morgan fingerprint density at radius 1 is 1.03 bits per heavy atom. The van der Waals surface area contributed by atoms with Gasteiger partial charge in [-0.2, -0.15) is 4.98 Å². The minimum atomic E-state index is -0.306. The molecule has 0 unspecified atom stereocenters. The van der Waals surface area contributed by atoms with Gasteiger partial charge in [0.1, 0.15) is 11.4 Å². The van der Waals surface area contributed by atoms with Crippen molar-refractivity contribution in [3.05, 3.63) is 77.4 Å². The van der Waals surface area contributed by atoms with Crippen molar-refractivity contribution in [2.75, 3.05) is 5.32 Å². The molecule has 8 nitrogen and oxygen atoms in total. The van der Waals surface area contributed by atoms with Gasteiger partial charge in [0.2, 0.25) is 17.6 Å². The zero-order valence-corrected chi connectivity index (χ0v) is 16.6. The third kappa shape index (κ3) is 4.54. The van der Waals surface area contributed by atoms with Gasteiger partial charge < -0.3 is 13.8 Å². The number of anilines is 1. The molecular weight excluding hydrogens is 384 g/mol. The molecule has 0 aliphatic carbocycles. The third-order valence-electron chi connectivity index (χ3n) is 4.46. The summed E-state index contributed by atoms with van der Waals surface area (Å²) in [5.41, 5.74) is 3.29. The number of benzene rings is 2. The fourth-order valence-electron chi connectivity index (χ4n) is 2.82. The van der Waals surface area contributed by atoms with Gasteiger partial charge in [0.15, 0.2) is 6.61 Å². The van der Waals surface area contributed by atoms with Gasteiger partial charge in [-0.05, 0) is 36.2 Å². The standard InChI is InChI=1S/C22H20N4O4/c1-3-15-4-6-16(7-5-15)19-12-21(30-25-19)24-22(27)17-8-10-18(11-9-17)28-13-20-23-14(2)29-26-20/h4-12H,3,13H2,1-2H3,(H,24,27). The molecule has 0 saturated heterocycles. The molecule has 0 aliphatic rings. The molecular formula is C22H20N4O4. The van der Waals surface area contributed by atoms with E-state index in [9.17, 15) is 4.79 Å². The number of hydrogen-bond acceptors (Lipinski definition) is 7. The van der Waals surface area contributed by atoms with Crippen LogP contribution in [-0.4, -0.2) is 21.2 Å². The van der Waals surface area contributed by atoms with Crippen LogP contribution in [-0.2, 0) is 13.0 Å². The first kappa shape index (κ1) is 19.4. The van der Waals surface area contributed by atoms with E-state index in [2.05, 4.69) is 27.5 Å². The molecule has 0 atom stereocenters. The van der Waals surface area contributed by atoms with Crippen LogP contribution in [0.3, 0.4) is 0 Å². The van der Waals surface area contributed by atoms with Crippen LogP contribution in [0.1, 0.15) is 34.6 Å². The van der Waals surface area contributed by atoms with E-state index in [-0.39, 0.29) is 18.4 Å². The largest absolute Gasteiger partial charge is 0.485 e. The second kappa shape index (κ2) is 8.60. The number of hydrogen-bond donors (Lipinski definition) is 1. The summed E-state index contributed by atoms with van der Waals surface area (Å²) >= 11 is 0. The van der Waals surface area contributed by atoms with E-state index in [1.807, 2.05) is 24.3 Å². The Hall–Kier alpha value is -3.94. The topological polar surface area (TPSA) is 103 Å². The van der Waals surface area contributed by atoms with Crippen molar-refractivity contribution >= 4 is 11.8 Å². The van der Waals surface area contributed by atoms with Crippen LogP contribution in [0.15, 0.2) is 63.6 Å². The summed E-state index contributed by atoms with van der Waals surface area (Å²) in [7, 11) is 0. The first-order valence-electron chi connectivity index (χ1n) is 9.50. The number of ether oxygens (including phenoxy) is 1. The molecule has 0 saturated carbocycles.